The number of carbonyl (C=O) groups excluding carboxylic acids is 1. The molecular weight excluding hydrogens is 384 g/mol. The van der Waals surface area contributed by atoms with Crippen molar-refractivity contribution in [3.63, 3.8) is 0 Å². The lowest BCUT2D eigenvalue weighted by atomic mass is 9.98. The van der Waals surface area contributed by atoms with Crippen molar-refractivity contribution in [1.29, 1.82) is 0 Å². The van der Waals surface area contributed by atoms with Gasteiger partial charge in [-0.25, -0.2) is 22.8 Å². The number of carboxylic acids is 1. The van der Waals surface area contributed by atoms with Gasteiger partial charge >= 0.3 is 11.8 Å². The second-order valence-electron chi connectivity index (χ2n) is 6.64. The number of hydrogen-bond acceptors (Lipinski definition) is 8. The Labute approximate surface area is 154 Å². The van der Waals surface area contributed by atoms with Gasteiger partial charge in [-0.05, 0) is 18.8 Å². The van der Waals surface area contributed by atoms with E-state index in [4.69, 9.17) is 10.2 Å². The number of aliphatic carboxylic acids is 1. The number of carboxylic acid groups (broad SMARTS) is 1. The molecule has 1 aromatic heterocycles. The average molecular weight is 404 g/mol. The van der Waals surface area contributed by atoms with Gasteiger partial charge in [-0.3, -0.25) is 4.79 Å². The normalized spacial score (nSPS) is 24.4. The molecule has 0 aliphatic carbocycles. The van der Waals surface area contributed by atoms with Gasteiger partial charge in [-0.15, -0.1) is 0 Å². The number of aliphatic hydroxyl groups excluding tert-OH is 1. The molecule has 2 aliphatic heterocycles. The molecule has 0 bridgehead atoms. The van der Waals surface area contributed by atoms with Gasteiger partial charge in [-0.2, -0.15) is 0 Å². The van der Waals surface area contributed by atoms with Gasteiger partial charge in [0.15, 0.2) is 15.7 Å². The second kappa shape index (κ2) is 6.88. The standard InChI is InChI=1S/C8H11NO5S.C6H9N3O3/c1-8(2)6(7(11)12)9-4(10)3-5(9)15(8,13)14;1-5-7-4-6(9(11)12)8(5)2-3-10/h5-6H,3H2,1-2H3,(H,11,12);4,10H,2-3H2,1H3/t5-,6+;/m1./s1. The quantitative estimate of drug-likeness (QED) is 0.373. The lowest BCUT2D eigenvalue weighted by Gasteiger charge is -2.35. The summed E-state index contributed by atoms with van der Waals surface area (Å²) in [6.45, 7) is 4.45. The summed E-state index contributed by atoms with van der Waals surface area (Å²) in [4.78, 5) is 36.8. The number of carbonyl (C=O) groups is 2. The zero-order valence-electron chi connectivity index (χ0n) is 14.9. The van der Waals surface area contributed by atoms with E-state index in [1.54, 1.807) is 6.92 Å². The third-order valence-corrected chi connectivity index (χ3v) is 7.55. The van der Waals surface area contributed by atoms with Gasteiger partial charge in [0.2, 0.25) is 5.91 Å². The number of hydrogen-bond donors (Lipinski definition) is 2. The Kier molecular flexibility index (Phi) is 5.30. The van der Waals surface area contributed by atoms with Crippen LogP contribution in [0.25, 0.3) is 0 Å². The summed E-state index contributed by atoms with van der Waals surface area (Å²) in [5.74, 6) is -1.21. The van der Waals surface area contributed by atoms with Crippen LogP contribution < -0.4 is 0 Å². The molecule has 27 heavy (non-hydrogen) atoms. The number of amides is 1. The maximum absolute atomic E-state index is 11.9. The number of aromatic nitrogens is 2. The van der Waals surface area contributed by atoms with Crippen molar-refractivity contribution in [2.75, 3.05) is 6.61 Å². The van der Waals surface area contributed by atoms with E-state index in [2.05, 4.69) is 4.98 Å². The molecule has 2 atom stereocenters. The lowest BCUT2D eigenvalue weighted by molar-refractivity contribution is -0.392. The van der Waals surface area contributed by atoms with Crippen LogP contribution in [0.5, 0.6) is 0 Å². The molecule has 150 valence electrons. The highest BCUT2D eigenvalue weighted by atomic mass is 32.2. The number of sulfone groups is 1. The highest BCUT2D eigenvalue weighted by Gasteiger charge is 2.67. The maximum atomic E-state index is 11.9. The van der Waals surface area contributed by atoms with Gasteiger partial charge in [0.05, 0.1) is 17.8 Å². The smallest absolute Gasteiger partial charge is 0.342 e. The summed E-state index contributed by atoms with van der Waals surface area (Å²) in [5, 5.41) is 27.0. The van der Waals surface area contributed by atoms with E-state index >= 15 is 0 Å². The first-order valence-electron chi connectivity index (χ1n) is 7.92. The molecule has 2 fully saturated rings. The number of aryl methyl sites for hydroxylation is 1. The molecule has 3 rings (SSSR count). The van der Waals surface area contributed by atoms with Crippen LogP contribution in [0, 0.1) is 17.0 Å². The Hall–Kier alpha value is -2.54. The number of aliphatic hydroxyl groups is 1. The minimum atomic E-state index is -3.57. The van der Waals surface area contributed by atoms with Crippen molar-refractivity contribution >= 4 is 27.5 Å². The number of imidazole rings is 1. The van der Waals surface area contributed by atoms with E-state index in [1.807, 2.05) is 0 Å². The molecule has 1 amide bonds. The third kappa shape index (κ3) is 3.16. The van der Waals surface area contributed by atoms with Gasteiger partial charge in [0.1, 0.15) is 24.2 Å². The molecule has 0 saturated carbocycles. The van der Waals surface area contributed by atoms with Crippen LogP contribution in [0.15, 0.2) is 6.20 Å². The molecular formula is C14H20N4O8S. The molecule has 2 saturated heterocycles. The third-order valence-electron chi connectivity index (χ3n) is 4.75. The Balaban J connectivity index is 0.000000199. The lowest BCUT2D eigenvalue weighted by Crippen LogP contribution is -2.57. The molecule has 2 N–H and O–H groups in total. The molecule has 12 nitrogen and oxygen atoms in total. The zero-order chi connectivity index (χ0) is 20.7. The Morgan fingerprint density at radius 2 is 2.07 bits per heavy atom. The van der Waals surface area contributed by atoms with Gasteiger partial charge in [0.25, 0.3) is 0 Å². The summed E-state index contributed by atoms with van der Waals surface area (Å²) < 4.78 is 23.7. The van der Waals surface area contributed by atoms with Crippen molar-refractivity contribution in [2.45, 2.75) is 49.9 Å². The summed E-state index contributed by atoms with van der Waals surface area (Å²) in [6.07, 6.45) is 1.10. The van der Waals surface area contributed by atoms with Gasteiger partial charge < -0.3 is 25.2 Å². The fraction of sp³-hybridized carbons (Fsp3) is 0.643. The molecule has 0 spiro atoms. The van der Waals surface area contributed by atoms with Crippen molar-refractivity contribution < 1.29 is 33.1 Å². The van der Waals surface area contributed by atoms with E-state index in [1.165, 1.54) is 24.6 Å². The monoisotopic (exact) mass is 404 g/mol. The van der Waals surface area contributed by atoms with Crippen molar-refractivity contribution in [3.05, 3.63) is 22.1 Å². The highest BCUT2D eigenvalue weighted by molar-refractivity contribution is 7.93. The van der Waals surface area contributed by atoms with Crippen LogP contribution in [0.4, 0.5) is 5.82 Å². The highest BCUT2D eigenvalue weighted by Crippen LogP contribution is 2.45. The minimum Gasteiger partial charge on any atom is -0.480 e. The molecule has 1 aromatic rings. The van der Waals surface area contributed by atoms with E-state index in [0.717, 1.165) is 4.90 Å². The Morgan fingerprint density at radius 3 is 2.48 bits per heavy atom. The van der Waals surface area contributed by atoms with Crippen LogP contribution in [-0.4, -0.2) is 72.7 Å². The van der Waals surface area contributed by atoms with Crippen LogP contribution in [-0.2, 0) is 26.0 Å². The fourth-order valence-corrected chi connectivity index (χ4v) is 5.33. The maximum Gasteiger partial charge on any atom is 0.342 e. The molecule has 3 heterocycles. The Bertz CT molecular complexity index is 891. The summed E-state index contributed by atoms with van der Waals surface area (Å²) in [7, 11) is -3.57. The number of β-lactam (4-membered cyclic amide) rings is 1. The number of fused-ring (bicyclic) bond motifs is 1. The second-order valence-corrected chi connectivity index (χ2v) is 9.33. The number of nitro groups is 1. The Morgan fingerprint density at radius 1 is 1.48 bits per heavy atom. The SMILES string of the molecule is CC1(C)[C@H](C(=O)O)N2C(=O)C[C@H]2S1(=O)=O.Cc1ncc([N+](=O)[O-])n1CCO. The summed E-state index contributed by atoms with van der Waals surface area (Å²) in [6, 6.07) is -1.26. The van der Waals surface area contributed by atoms with E-state index in [0.29, 0.717) is 5.82 Å². The largest absolute Gasteiger partial charge is 0.480 e. The van der Waals surface area contributed by atoms with Gasteiger partial charge in [-0.1, -0.05) is 0 Å². The first-order chi connectivity index (χ1) is 12.4. The average Bonchev–Trinajstić information content (AvgIpc) is 2.96. The molecule has 0 unspecified atom stereocenters. The number of nitrogens with zero attached hydrogens (tertiary/aromatic N) is 4. The van der Waals surface area contributed by atoms with Crippen LogP contribution in [0.1, 0.15) is 26.1 Å². The fourth-order valence-electron chi connectivity index (χ4n) is 3.21. The molecule has 0 radical (unpaired) electrons. The summed E-state index contributed by atoms with van der Waals surface area (Å²) >= 11 is 0. The predicted molar refractivity (Wildman–Crippen MR) is 90.4 cm³/mol. The van der Waals surface area contributed by atoms with Crippen LogP contribution >= 0.6 is 0 Å². The minimum absolute atomic E-state index is 0.0819. The van der Waals surface area contributed by atoms with Crippen LogP contribution in [0.3, 0.4) is 0 Å². The first kappa shape index (κ1) is 20.8. The van der Waals surface area contributed by atoms with E-state index < -0.39 is 42.8 Å². The topological polar surface area (TPSA) is 173 Å². The number of rotatable bonds is 4. The first-order valence-corrected chi connectivity index (χ1v) is 9.47. The van der Waals surface area contributed by atoms with Gasteiger partial charge in [0, 0.05) is 6.92 Å². The molecule has 13 heteroatoms. The van der Waals surface area contributed by atoms with Crippen molar-refractivity contribution in [1.82, 2.24) is 14.5 Å². The van der Waals surface area contributed by atoms with Crippen LogP contribution in [0.2, 0.25) is 0 Å². The van der Waals surface area contributed by atoms with E-state index in [9.17, 15) is 28.1 Å². The molecule has 2 aliphatic rings. The zero-order valence-corrected chi connectivity index (χ0v) is 15.7. The predicted octanol–water partition coefficient (Wildman–Crippen LogP) is -0.703. The summed E-state index contributed by atoms with van der Waals surface area (Å²) in [5.41, 5.74) is 0. The van der Waals surface area contributed by atoms with Crippen molar-refractivity contribution in [3.8, 4) is 0 Å². The van der Waals surface area contributed by atoms with Crippen molar-refractivity contribution in [2.24, 2.45) is 0 Å². The van der Waals surface area contributed by atoms with E-state index in [-0.39, 0.29) is 25.4 Å². The molecule has 0 aromatic carbocycles.